The minimum Gasteiger partial charge on any atom is -0.462 e. The monoisotopic (exact) mass is 412 g/mol. The predicted octanol–water partition coefficient (Wildman–Crippen LogP) is 7.63. The van der Waals surface area contributed by atoms with Gasteiger partial charge in [0.1, 0.15) is 6.10 Å². The van der Waals surface area contributed by atoms with Crippen molar-refractivity contribution in [3.8, 4) is 0 Å². The molecule has 0 bridgehead atoms. The maximum Gasteiger partial charge on any atom is 0.302 e. The van der Waals surface area contributed by atoms with Gasteiger partial charge in [0.25, 0.3) is 0 Å². The molecule has 0 amide bonds. The maximum absolute atomic E-state index is 11.5. The Balaban J connectivity index is 1.53. The molecule has 0 aromatic heterocycles. The van der Waals surface area contributed by atoms with Gasteiger partial charge in [0.15, 0.2) is 0 Å². The van der Waals surface area contributed by atoms with Crippen LogP contribution in [0.3, 0.4) is 0 Å². The molecular weight excluding hydrogens is 368 g/mol. The molecule has 5 unspecified atom stereocenters. The molecule has 2 nitrogen and oxygen atoms in total. The Morgan fingerprint density at radius 3 is 2.63 bits per heavy atom. The van der Waals surface area contributed by atoms with E-state index in [2.05, 4.69) is 39.8 Å². The lowest BCUT2D eigenvalue weighted by atomic mass is 9.50. The van der Waals surface area contributed by atoms with E-state index in [0.29, 0.717) is 11.3 Å². The number of fused-ring (bicyclic) bond motifs is 5. The number of carbonyl (C=O) groups is 1. The fourth-order valence-corrected chi connectivity index (χ4v) is 8.20. The van der Waals surface area contributed by atoms with Gasteiger partial charge in [-0.1, -0.05) is 76.7 Å². The molecule has 30 heavy (non-hydrogen) atoms. The van der Waals surface area contributed by atoms with E-state index >= 15 is 0 Å². The lowest BCUT2D eigenvalue weighted by molar-refractivity contribution is -0.148. The van der Waals surface area contributed by atoms with Crippen LogP contribution in [0.15, 0.2) is 23.3 Å². The van der Waals surface area contributed by atoms with Crippen molar-refractivity contribution in [1.82, 2.24) is 0 Å². The SMILES string of the molecule is CCCCCC(C)C1CCC2C3=CC=C4CC(OC(C)=O)CC[C@]4(C)C3CC[C@@]21C. The summed E-state index contributed by atoms with van der Waals surface area (Å²) in [4.78, 5) is 11.5. The van der Waals surface area contributed by atoms with Crippen LogP contribution in [0, 0.1) is 34.5 Å². The van der Waals surface area contributed by atoms with Gasteiger partial charge < -0.3 is 4.74 Å². The summed E-state index contributed by atoms with van der Waals surface area (Å²) in [6, 6.07) is 0. The molecule has 0 radical (unpaired) electrons. The third-order valence-corrected chi connectivity index (χ3v) is 9.88. The molecule has 0 aromatic carbocycles. The second-order valence-electron chi connectivity index (χ2n) is 11.6. The Labute approximate surface area is 184 Å². The molecule has 2 heteroatoms. The number of carbonyl (C=O) groups excluding carboxylic acids is 1. The zero-order valence-corrected chi connectivity index (χ0v) is 20.1. The second-order valence-corrected chi connectivity index (χ2v) is 11.6. The van der Waals surface area contributed by atoms with Gasteiger partial charge in [0, 0.05) is 13.3 Å². The van der Waals surface area contributed by atoms with Crippen LogP contribution in [0.5, 0.6) is 0 Å². The Hall–Kier alpha value is -1.05. The number of hydrogen-bond acceptors (Lipinski definition) is 2. The molecule has 3 fully saturated rings. The highest BCUT2D eigenvalue weighted by Gasteiger charge is 2.57. The van der Waals surface area contributed by atoms with Crippen LogP contribution in [-0.2, 0) is 9.53 Å². The average Bonchev–Trinajstić information content (AvgIpc) is 3.05. The zero-order valence-electron chi connectivity index (χ0n) is 20.1. The van der Waals surface area contributed by atoms with Gasteiger partial charge in [-0.15, -0.1) is 0 Å². The van der Waals surface area contributed by atoms with E-state index in [9.17, 15) is 4.79 Å². The van der Waals surface area contributed by atoms with Crippen molar-refractivity contribution in [2.24, 2.45) is 34.5 Å². The second kappa shape index (κ2) is 8.47. The minimum atomic E-state index is -0.130. The van der Waals surface area contributed by atoms with Crippen LogP contribution in [0.25, 0.3) is 0 Å². The number of allylic oxidation sites excluding steroid dienone is 3. The summed E-state index contributed by atoms with van der Waals surface area (Å²) in [7, 11) is 0. The van der Waals surface area contributed by atoms with E-state index < -0.39 is 0 Å². The molecule has 4 rings (SSSR count). The molecule has 4 aliphatic rings. The van der Waals surface area contributed by atoms with Gasteiger partial charge in [0.05, 0.1) is 0 Å². The molecule has 0 aliphatic heterocycles. The van der Waals surface area contributed by atoms with E-state index in [0.717, 1.165) is 30.6 Å². The van der Waals surface area contributed by atoms with Crippen LogP contribution in [0.2, 0.25) is 0 Å². The van der Waals surface area contributed by atoms with E-state index in [1.54, 1.807) is 18.1 Å². The minimum absolute atomic E-state index is 0.0884. The van der Waals surface area contributed by atoms with Crippen molar-refractivity contribution in [3.05, 3.63) is 23.3 Å². The molecular formula is C28H44O2. The van der Waals surface area contributed by atoms with Gasteiger partial charge in [0.2, 0.25) is 0 Å². The number of esters is 1. The number of hydrogen-bond donors (Lipinski definition) is 0. The smallest absolute Gasteiger partial charge is 0.302 e. The quantitative estimate of drug-likeness (QED) is 0.331. The van der Waals surface area contributed by atoms with Crippen LogP contribution >= 0.6 is 0 Å². The predicted molar refractivity (Wildman–Crippen MR) is 124 cm³/mol. The highest BCUT2D eigenvalue weighted by Crippen LogP contribution is 2.66. The van der Waals surface area contributed by atoms with E-state index in [-0.39, 0.29) is 17.5 Å². The summed E-state index contributed by atoms with van der Waals surface area (Å²) >= 11 is 0. The topological polar surface area (TPSA) is 26.3 Å². The van der Waals surface area contributed by atoms with Crippen LogP contribution in [0.1, 0.15) is 105 Å². The first-order chi connectivity index (χ1) is 14.3. The lowest BCUT2D eigenvalue weighted by Crippen LogP contribution is -2.46. The average molecular weight is 413 g/mol. The lowest BCUT2D eigenvalue weighted by Gasteiger charge is -2.55. The summed E-state index contributed by atoms with van der Waals surface area (Å²) in [5.41, 5.74) is 4.11. The summed E-state index contributed by atoms with van der Waals surface area (Å²) in [5, 5.41) is 0. The molecule has 0 heterocycles. The molecule has 0 N–H and O–H groups in total. The molecule has 168 valence electrons. The first kappa shape index (κ1) is 22.2. The van der Waals surface area contributed by atoms with Crippen molar-refractivity contribution in [1.29, 1.82) is 0 Å². The van der Waals surface area contributed by atoms with Crippen molar-refractivity contribution in [2.45, 2.75) is 111 Å². The largest absolute Gasteiger partial charge is 0.462 e. The first-order valence-corrected chi connectivity index (χ1v) is 12.9. The summed E-state index contributed by atoms with van der Waals surface area (Å²) in [6.45, 7) is 11.6. The maximum atomic E-state index is 11.5. The van der Waals surface area contributed by atoms with Crippen molar-refractivity contribution < 1.29 is 9.53 Å². The Bertz CT molecular complexity index is 718. The molecule has 0 saturated heterocycles. The molecule has 7 atom stereocenters. The third-order valence-electron chi connectivity index (χ3n) is 9.88. The van der Waals surface area contributed by atoms with Crippen LogP contribution in [-0.4, -0.2) is 12.1 Å². The fourth-order valence-electron chi connectivity index (χ4n) is 8.20. The van der Waals surface area contributed by atoms with E-state index in [1.165, 1.54) is 57.8 Å². The van der Waals surface area contributed by atoms with Crippen LogP contribution in [0.4, 0.5) is 0 Å². The van der Waals surface area contributed by atoms with Gasteiger partial charge >= 0.3 is 5.97 Å². The van der Waals surface area contributed by atoms with Crippen molar-refractivity contribution >= 4 is 5.97 Å². The Morgan fingerprint density at radius 2 is 1.90 bits per heavy atom. The Kier molecular flexibility index (Phi) is 6.26. The fraction of sp³-hybridized carbons (Fsp3) is 0.821. The normalized spacial score (nSPS) is 41.1. The van der Waals surface area contributed by atoms with Gasteiger partial charge in [-0.25, -0.2) is 0 Å². The van der Waals surface area contributed by atoms with Gasteiger partial charge in [-0.3, -0.25) is 4.79 Å². The summed E-state index contributed by atoms with van der Waals surface area (Å²) < 4.78 is 5.59. The van der Waals surface area contributed by atoms with Gasteiger partial charge in [-0.05, 0) is 73.0 Å². The third kappa shape index (κ3) is 3.71. The van der Waals surface area contributed by atoms with Gasteiger partial charge in [-0.2, -0.15) is 0 Å². The molecule has 0 spiro atoms. The summed E-state index contributed by atoms with van der Waals surface area (Å²) in [5.74, 6) is 3.14. The van der Waals surface area contributed by atoms with E-state index in [1.807, 2.05) is 0 Å². The summed E-state index contributed by atoms with van der Waals surface area (Å²) in [6.07, 6.45) is 19.3. The highest BCUT2D eigenvalue weighted by atomic mass is 16.5. The zero-order chi connectivity index (χ0) is 21.5. The van der Waals surface area contributed by atoms with Crippen molar-refractivity contribution in [3.63, 3.8) is 0 Å². The standard InChI is InChI=1S/C28H44O2/c1-6-7-8-9-19(2)24-12-13-25-23-11-10-21-18-22(30-20(3)29)14-16-27(21,4)26(23)15-17-28(24,25)5/h10-11,19,22,24-26H,6-9,12-18H2,1-5H3/t19?,22?,24?,25?,26?,27-,28+/m0/s1. The Morgan fingerprint density at radius 1 is 1.10 bits per heavy atom. The molecule has 4 aliphatic carbocycles. The highest BCUT2D eigenvalue weighted by molar-refractivity contribution is 5.66. The number of rotatable bonds is 6. The number of ether oxygens (including phenoxy) is 1. The van der Waals surface area contributed by atoms with E-state index in [4.69, 9.17) is 4.74 Å². The number of unbranched alkanes of at least 4 members (excludes halogenated alkanes) is 2. The molecule has 3 saturated carbocycles. The molecule has 0 aromatic rings. The van der Waals surface area contributed by atoms with Crippen LogP contribution < -0.4 is 0 Å². The van der Waals surface area contributed by atoms with Crippen molar-refractivity contribution in [2.75, 3.05) is 0 Å². The first-order valence-electron chi connectivity index (χ1n) is 12.9.